The smallest absolute Gasteiger partial charge is 0.246 e. The maximum Gasteiger partial charge on any atom is 0.246 e. The molecule has 1 heterocycles. The number of hydrogen-bond acceptors (Lipinski definition) is 2. The zero-order valence-electron chi connectivity index (χ0n) is 12.0. The number of piperazine rings is 1. The van der Waals surface area contributed by atoms with Crippen LogP contribution in [0.1, 0.15) is 47.5 Å². The molecule has 1 saturated heterocycles. The van der Waals surface area contributed by atoms with Crippen LogP contribution in [0.25, 0.3) is 0 Å². The fraction of sp³-hybridized carbons (Fsp3) is 0.857. The molecule has 1 aliphatic carbocycles. The van der Waals surface area contributed by atoms with Crippen LogP contribution in [0.15, 0.2) is 0 Å². The van der Waals surface area contributed by atoms with Crippen molar-refractivity contribution in [1.29, 1.82) is 0 Å². The van der Waals surface area contributed by atoms with E-state index in [4.69, 9.17) is 0 Å². The Labute approximate surface area is 109 Å². The maximum absolute atomic E-state index is 12.6. The molecule has 1 saturated carbocycles. The zero-order valence-corrected chi connectivity index (χ0v) is 12.0. The number of nitrogens with one attached hydrogen (secondary N) is 1. The monoisotopic (exact) mass is 252 g/mol. The zero-order chi connectivity index (χ0) is 13.7. The third kappa shape index (κ3) is 2.13. The van der Waals surface area contributed by atoms with Crippen molar-refractivity contribution < 1.29 is 9.59 Å². The Balaban J connectivity index is 2.22. The van der Waals surface area contributed by atoms with Crippen LogP contribution in [-0.2, 0) is 9.59 Å². The number of hydrogen-bond donors (Lipinski definition) is 1. The van der Waals surface area contributed by atoms with Gasteiger partial charge in [-0.1, -0.05) is 34.1 Å². The average molecular weight is 252 g/mol. The Morgan fingerprint density at radius 1 is 1.33 bits per heavy atom. The van der Waals surface area contributed by atoms with Crippen LogP contribution in [-0.4, -0.2) is 34.8 Å². The molecule has 0 aromatic heterocycles. The highest BCUT2D eigenvalue weighted by Crippen LogP contribution is 2.41. The molecule has 1 N–H and O–H groups in total. The molecular formula is C14H24N2O2. The van der Waals surface area contributed by atoms with Crippen molar-refractivity contribution in [1.82, 2.24) is 10.2 Å². The molecule has 4 unspecified atom stereocenters. The number of amides is 2. The van der Waals surface area contributed by atoms with Gasteiger partial charge < -0.3 is 10.2 Å². The molecule has 1 aliphatic heterocycles. The van der Waals surface area contributed by atoms with Gasteiger partial charge in [-0.2, -0.15) is 0 Å². The second kappa shape index (κ2) is 4.25. The molecule has 0 radical (unpaired) electrons. The Kier molecular flexibility index (Phi) is 3.16. The molecule has 2 aliphatic rings. The largest absolute Gasteiger partial charge is 0.342 e. The predicted octanol–water partition coefficient (Wildman–Crippen LogP) is 1.55. The molecule has 0 spiro atoms. The maximum atomic E-state index is 12.6. The van der Waals surface area contributed by atoms with E-state index >= 15 is 0 Å². The molecule has 0 aromatic carbocycles. The van der Waals surface area contributed by atoms with Gasteiger partial charge in [0.15, 0.2) is 0 Å². The fourth-order valence-corrected chi connectivity index (χ4v) is 2.84. The lowest BCUT2D eigenvalue weighted by Gasteiger charge is -2.42. The van der Waals surface area contributed by atoms with E-state index in [1.54, 1.807) is 0 Å². The molecule has 2 rings (SSSR count). The number of carbonyl (C=O) groups excluding carboxylic acids is 2. The van der Waals surface area contributed by atoms with E-state index < -0.39 is 0 Å². The fourth-order valence-electron chi connectivity index (χ4n) is 2.84. The molecule has 18 heavy (non-hydrogen) atoms. The third-order valence-electron chi connectivity index (χ3n) is 4.22. The molecule has 4 heteroatoms. The summed E-state index contributed by atoms with van der Waals surface area (Å²) in [7, 11) is 0. The Hall–Kier alpha value is -1.06. The highest BCUT2D eigenvalue weighted by atomic mass is 16.2. The summed E-state index contributed by atoms with van der Waals surface area (Å²) >= 11 is 0. The summed E-state index contributed by atoms with van der Waals surface area (Å²) in [6.07, 6.45) is 2.14. The van der Waals surface area contributed by atoms with E-state index in [-0.39, 0.29) is 35.4 Å². The van der Waals surface area contributed by atoms with Crippen molar-refractivity contribution >= 4 is 11.8 Å². The van der Waals surface area contributed by atoms with Gasteiger partial charge in [-0.05, 0) is 24.7 Å². The van der Waals surface area contributed by atoms with Crippen molar-refractivity contribution in [2.45, 2.75) is 65.6 Å². The van der Waals surface area contributed by atoms with E-state index in [1.807, 2.05) is 32.6 Å². The van der Waals surface area contributed by atoms with Gasteiger partial charge in [0.25, 0.3) is 0 Å². The number of rotatable bonds is 2. The Morgan fingerprint density at radius 2 is 1.94 bits per heavy atom. The van der Waals surface area contributed by atoms with Crippen LogP contribution < -0.4 is 5.32 Å². The van der Waals surface area contributed by atoms with Gasteiger partial charge >= 0.3 is 0 Å². The molecule has 0 bridgehead atoms. The quantitative estimate of drug-likeness (QED) is 0.810. The van der Waals surface area contributed by atoms with Gasteiger partial charge in [0.05, 0.1) is 0 Å². The van der Waals surface area contributed by atoms with Crippen molar-refractivity contribution in [3.63, 3.8) is 0 Å². The van der Waals surface area contributed by atoms with Crippen molar-refractivity contribution in [3.05, 3.63) is 0 Å². The second-order valence-corrected chi connectivity index (χ2v) is 6.70. The van der Waals surface area contributed by atoms with Crippen molar-refractivity contribution in [2.24, 2.45) is 11.3 Å². The van der Waals surface area contributed by atoms with E-state index in [9.17, 15) is 9.59 Å². The van der Waals surface area contributed by atoms with Crippen LogP contribution in [0, 0.1) is 11.3 Å². The minimum absolute atomic E-state index is 0.0173. The first-order valence-electron chi connectivity index (χ1n) is 6.90. The van der Waals surface area contributed by atoms with Crippen molar-refractivity contribution in [2.75, 3.05) is 0 Å². The summed E-state index contributed by atoms with van der Waals surface area (Å²) in [4.78, 5) is 26.4. The Bertz CT molecular complexity index is 372. The van der Waals surface area contributed by atoms with Gasteiger partial charge in [0.1, 0.15) is 12.1 Å². The molecule has 2 amide bonds. The minimum atomic E-state index is -0.390. The van der Waals surface area contributed by atoms with Gasteiger partial charge in [-0.15, -0.1) is 0 Å². The predicted molar refractivity (Wildman–Crippen MR) is 69.9 cm³/mol. The van der Waals surface area contributed by atoms with Gasteiger partial charge in [0, 0.05) is 6.04 Å². The molecule has 2 fully saturated rings. The van der Waals surface area contributed by atoms with Gasteiger partial charge in [0.2, 0.25) is 11.8 Å². The van der Waals surface area contributed by atoms with Crippen LogP contribution in [0.4, 0.5) is 0 Å². The van der Waals surface area contributed by atoms with Crippen molar-refractivity contribution in [3.8, 4) is 0 Å². The molecule has 102 valence electrons. The van der Waals surface area contributed by atoms with E-state index in [2.05, 4.69) is 12.2 Å². The topological polar surface area (TPSA) is 49.4 Å². The summed E-state index contributed by atoms with van der Waals surface area (Å²) in [6.45, 7) is 9.96. The van der Waals surface area contributed by atoms with E-state index in [0.717, 1.165) is 12.8 Å². The van der Waals surface area contributed by atoms with Gasteiger partial charge in [-0.25, -0.2) is 0 Å². The highest BCUT2D eigenvalue weighted by molar-refractivity contribution is 5.97. The Morgan fingerprint density at radius 3 is 2.39 bits per heavy atom. The molecule has 0 aromatic rings. The standard InChI is InChI=1S/C14H24N2O2/c1-6-9-7-10(9)16-8(2)12(17)15-11(13(16)18)14(3,4)5/h8-11H,6-7H2,1-5H3,(H,15,17). The van der Waals surface area contributed by atoms with Crippen LogP contribution >= 0.6 is 0 Å². The number of nitrogens with zero attached hydrogens (tertiary/aromatic N) is 1. The molecule has 4 atom stereocenters. The lowest BCUT2D eigenvalue weighted by Crippen LogP contribution is -2.66. The average Bonchev–Trinajstić information content (AvgIpc) is 3.01. The van der Waals surface area contributed by atoms with Crippen LogP contribution in [0.3, 0.4) is 0 Å². The SMILES string of the molecule is CCC1CC1N1C(=O)C(C(C)(C)C)NC(=O)C1C. The van der Waals surface area contributed by atoms with E-state index in [0.29, 0.717) is 5.92 Å². The lowest BCUT2D eigenvalue weighted by atomic mass is 9.84. The summed E-state index contributed by atoms with van der Waals surface area (Å²) < 4.78 is 0. The first kappa shape index (κ1) is 13.4. The summed E-state index contributed by atoms with van der Waals surface area (Å²) in [5, 5.41) is 2.87. The van der Waals surface area contributed by atoms with Crippen LogP contribution in [0.2, 0.25) is 0 Å². The first-order valence-corrected chi connectivity index (χ1v) is 6.90. The summed E-state index contributed by atoms with van der Waals surface area (Å²) in [5.41, 5.74) is -0.234. The molecular weight excluding hydrogens is 228 g/mol. The summed E-state index contributed by atoms with van der Waals surface area (Å²) in [5.74, 6) is 0.662. The summed E-state index contributed by atoms with van der Waals surface area (Å²) in [6, 6.07) is -0.426. The first-order chi connectivity index (χ1) is 8.27. The van der Waals surface area contributed by atoms with E-state index in [1.165, 1.54) is 0 Å². The molecule has 4 nitrogen and oxygen atoms in total. The second-order valence-electron chi connectivity index (χ2n) is 6.70. The number of carbonyl (C=O) groups is 2. The third-order valence-corrected chi connectivity index (χ3v) is 4.22. The van der Waals surface area contributed by atoms with Crippen LogP contribution in [0.5, 0.6) is 0 Å². The normalized spacial score (nSPS) is 36.6. The lowest BCUT2D eigenvalue weighted by molar-refractivity contribution is -0.152. The minimum Gasteiger partial charge on any atom is -0.342 e. The van der Waals surface area contributed by atoms with Gasteiger partial charge in [-0.3, -0.25) is 9.59 Å². The highest BCUT2D eigenvalue weighted by Gasteiger charge is 2.51.